The number of anilines is 1. The molecule has 0 aliphatic carbocycles. The number of hydrogen-bond donors (Lipinski definition) is 0. The molecule has 0 saturated carbocycles. The molecule has 0 aromatic carbocycles. The topological polar surface area (TPSA) is 108 Å². The molecule has 5 rings (SSSR count). The summed E-state index contributed by atoms with van der Waals surface area (Å²) in [5, 5.41) is 9.14. The minimum absolute atomic E-state index is 0.000377. The fraction of sp³-hybridized carbons (Fsp3) is 0.481. The van der Waals surface area contributed by atoms with Gasteiger partial charge in [-0.1, -0.05) is 11.8 Å². The molecular formula is C27H35N7O3S. The molecule has 0 N–H and O–H groups in total. The molecule has 0 spiro atoms. The van der Waals surface area contributed by atoms with Crippen LogP contribution in [-0.2, 0) is 21.6 Å². The summed E-state index contributed by atoms with van der Waals surface area (Å²) in [6.45, 7) is 11.6. The highest BCUT2D eigenvalue weighted by molar-refractivity contribution is 7.91. The summed E-state index contributed by atoms with van der Waals surface area (Å²) in [5.74, 6) is 1.03. The van der Waals surface area contributed by atoms with Crippen molar-refractivity contribution in [2.24, 2.45) is 13.0 Å². The van der Waals surface area contributed by atoms with E-state index in [0.717, 1.165) is 40.5 Å². The van der Waals surface area contributed by atoms with Crippen molar-refractivity contribution in [3.63, 3.8) is 0 Å². The lowest BCUT2D eigenvalue weighted by atomic mass is 9.92. The highest BCUT2D eigenvalue weighted by Crippen LogP contribution is 2.43. The van der Waals surface area contributed by atoms with Crippen molar-refractivity contribution >= 4 is 43.7 Å². The second kappa shape index (κ2) is 9.77. The van der Waals surface area contributed by atoms with E-state index in [1.165, 1.54) is 12.5 Å². The van der Waals surface area contributed by atoms with Crippen molar-refractivity contribution in [2.75, 3.05) is 31.4 Å². The normalized spacial score (nSPS) is 16.0. The van der Waals surface area contributed by atoms with Crippen LogP contribution in [0.25, 0.3) is 39.3 Å². The van der Waals surface area contributed by atoms with E-state index in [0.29, 0.717) is 36.2 Å². The van der Waals surface area contributed by atoms with Gasteiger partial charge in [-0.25, -0.2) is 18.1 Å². The first-order valence-electron chi connectivity index (χ1n) is 12.9. The Kier molecular flexibility index (Phi) is 6.77. The van der Waals surface area contributed by atoms with Gasteiger partial charge in [0.1, 0.15) is 16.4 Å². The van der Waals surface area contributed by atoms with Gasteiger partial charge >= 0.3 is 0 Å². The van der Waals surface area contributed by atoms with Crippen molar-refractivity contribution in [3.05, 3.63) is 30.7 Å². The van der Waals surface area contributed by atoms with Gasteiger partial charge in [-0.2, -0.15) is 0 Å². The predicted octanol–water partition coefficient (Wildman–Crippen LogP) is 4.26. The van der Waals surface area contributed by atoms with E-state index in [1.807, 2.05) is 14.1 Å². The summed E-state index contributed by atoms with van der Waals surface area (Å²) >= 11 is 0. The molecule has 1 saturated heterocycles. The zero-order valence-electron chi connectivity index (χ0n) is 22.8. The van der Waals surface area contributed by atoms with Crippen molar-refractivity contribution in [2.45, 2.75) is 50.6 Å². The first-order valence-corrected chi connectivity index (χ1v) is 14.8. The van der Waals surface area contributed by atoms with Crippen LogP contribution in [0.4, 0.5) is 5.82 Å². The quantitative estimate of drug-likeness (QED) is 0.344. The standard InChI is InChI=1S/C27H35N7O3S/c1-8-20-25(33(6)31-30-20)19-13-21-24(28-14-19)23-26(34(21)17(4)18-9-11-37-12-10-18)22(38(7,35)36)15-29-27(23)32(5)16(2)3/h8,13-18H,1,9-12H2,2-7H3/t17-/m1/s1. The summed E-state index contributed by atoms with van der Waals surface area (Å²) in [5.41, 5.74) is 4.51. The molecule has 1 aliphatic heterocycles. The maximum absolute atomic E-state index is 13.1. The number of fused-ring (bicyclic) bond motifs is 3. The van der Waals surface area contributed by atoms with Crippen molar-refractivity contribution in [1.29, 1.82) is 0 Å². The molecule has 11 heteroatoms. The van der Waals surface area contributed by atoms with Gasteiger partial charge in [0.15, 0.2) is 9.84 Å². The smallest absolute Gasteiger partial charge is 0.179 e. The lowest BCUT2D eigenvalue weighted by molar-refractivity contribution is 0.0524. The summed E-state index contributed by atoms with van der Waals surface area (Å²) in [6.07, 6.45) is 8.02. The third-order valence-electron chi connectivity index (χ3n) is 7.79. The average molecular weight is 538 g/mol. The van der Waals surface area contributed by atoms with Crippen LogP contribution in [0.15, 0.2) is 29.9 Å². The van der Waals surface area contributed by atoms with E-state index in [9.17, 15) is 8.42 Å². The maximum Gasteiger partial charge on any atom is 0.179 e. The van der Waals surface area contributed by atoms with E-state index >= 15 is 0 Å². The Bertz CT molecular complexity index is 1630. The van der Waals surface area contributed by atoms with Crippen LogP contribution in [0.5, 0.6) is 0 Å². The van der Waals surface area contributed by atoms with Gasteiger partial charge in [-0.3, -0.25) is 4.98 Å². The molecule has 0 bridgehead atoms. The molecule has 5 heterocycles. The minimum Gasteiger partial charge on any atom is -0.381 e. The maximum atomic E-state index is 13.1. The zero-order chi connectivity index (χ0) is 27.4. The molecule has 1 aliphatic rings. The molecule has 4 aromatic rings. The second-order valence-electron chi connectivity index (χ2n) is 10.4. The van der Waals surface area contributed by atoms with E-state index in [-0.39, 0.29) is 17.0 Å². The van der Waals surface area contributed by atoms with Gasteiger partial charge in [-0.05, 0) is 51.7 Å². The zero-order valence-corrected chi connectivity index (χ0v) is 23.7. The number of pyridine rings is 2. The number of nitrogens with zero attached hydrogens (tertiary/aromatic N) is 7. The first-order chi connectivity index (χ1) is 18.0. The highest BCUT2D eigenvalue weighted by Gasteiger charge is 2.31. The summed E-state index contributed by atoms with van der Waals surface area (Å²) < 4.78 is 35.8. The molecule has 0 unspecified atom stereocenters. The largest absolute Gasteiger partial charge is 0.381 e. The molecular weight excluding hydrogens is 502 g/mol. The molecule has 0 radical (unpaired) electrons. The van der Waals surface area contributed by atoms with Crippen LogP contribution in [0, 0.1) is 5.92 Å². The van der Waals surface area contributed by atoms with E-state index < -0.39 is 9.84 Å². The molecule has 1 fully saturated rings. The number of rotatable bonds is 7. The number of aromatic nitrogens is 6. The van der Waals surface area contributed by atoms with Crippen LogP contribution in [0.1, 0.15) is 45.3 Å². The van der Waals surface area contributed by atoms with Gasteiger partial charge in [0, 0.05) is 57.4 Å². The predicted molar refractivity (Wildman–Crippen MR) is 150 cm³/mol. The van der Waals surface area contributed by atoms with Gasteiger partial charge in [-0.15, -0.1) is 5.10 Å². The number of aryl methyl sites for hydroxylation is 1. The molecule has 10 nitrogen and oxygen atoms in total. The lowest BCUT2D eigenvalue weighted by Gasteiger charge is -2.30. The first kappa shape index (κ1) is 26.3. The van der Waals surface area contributed by atoms with Crippen LogP contribution in [0.2, 0.25) is 0 Å². The third kappa shape index (κ3) is 4.27. The Morgan fingerprint density at radius 3 is 2.53 bits per heavy atom. The molecule has 0 amide bonds. The van der Waals surface area contributed by atoms with Crippen LogP contribution in [0.3, 0.4) is 0 Å². The molecule has 38 heavy (non-hydrogen) atoms. The van der Waals surface area contributed by atoms with E-state index in [4.69, 9.17) is 9.72 Å². The highest BCUT2D eigenvalue weighted by atomic mass is 32.2. The Labute approximate surface area is 223 Å². The molecule has 1 atom stereocenters. The van der Waals surface area contributed by atoms with Crippen molar-refractivity contribution < 1.29 is 13.2 Å². The van der Waals surface area contributed by atoms with Crippen LogP contribution in [-0.4, -0.2) is 70.5 Å². The Balaban J connectivity index is 1.93. The summed E-state index contributed by atoms with van der Waals surface area (Å²) in [7, 11) is 0.221. The van der Waals surface area contributed by atoms with Crippen LogP contribution < -0.4 is 4.90 Å². The minimum atomic E-state index is -3.59. The lowest BCUT2D eigenvalue weighted by Crippen LogP contribution is -2.27. The Hall–Kier alpha value is -3.31. The van der Waals surface area contributed by atoms with Gasteiger partial charge in [0.2, 0.25) is 0 Å². The van der Waals surface area contributed by atoms with E-state index in [1.54, 1.807) is 17.0 Å². The van der Waals surface area contributed by atoms with Crippen molar-refractivity contribution in [1.82, 2.24) is 29.5 Å². The van der Waals surface area contributed by atoms with E-state index in [2.05, 4.69) is 58.2 Å². The van der Waals surface area contributed by atoms with Crippen molar-refractivity contribution in [3.8, 4) is 11.3 Å². The fourth-order valence-electron chi connectivity index (χ4n) is 5.47. The number of sulfone groups is 1. The average Bonchev–Trinajstić information content (AvgIpc) is 3.44. The monoisotopic (exact) mass is 537 g/mol. The van der Waals surface area contributed by atoms with Gasteiger partial charge in [0.25, 0.3) is 0 Å². The van der Waals surface area contributed by atoms with Gasteiger partial charge in [0.05, 0.1) is 33.8 Å². The summed E-state index contributed by atoms with van der Waals surface area (Å²) in [4.78, 5) is 11.9. The van der Waals surface area contributed by atoms with Gasteiger partial charge < -0.3 is 14.2 Å². The third-order valence-corrected chi connectivity index (χ3v) is 8.88. The molecule has 202 valence electrons. The SMILES string of the molecule is C=Cc1nnn(C)c1-c1cnc2c3c(N(C)C(C)C)ncc(S(C)(=O)=O)c3n([C@H](C)C3CCOCC3)c2c1. The fourth-order valence-corrected chi connectivity index (χ4v) is 6.27. The number of hydrogen-bond acceptors (Lipinski definition) is 8. The van der Waals surface area contributed by atoms with Crippen LogP contribution >= 0.6 is 0 Å². The summed E-state index contributed by atoms with van der Waals surface area (Å²) in [6, 6.07) is 2.21. The molecule has 4 aromatic heterocycles. The Morgan fingerprint density at radius 2 is 1.89 bits per heavy atom. The second-order valence-corrected chi connectivity index (χ2v) is 12.4. The Morgan fingerprint density at radius 1 is 1.18 bits per heavy atom. The number of ether oxygens (including phenoxy) is 1.